The van der Waals surface area contributed by atoms with Gasteiger partial charge in [0.25, 0.3) is 11.5 Å². The predicted octanol–water partition coefficient (Wildman–Crippen LogP) is 1.15. The number of H-pyrrole nitrogens is 1. The Hall–Kier alpha value is -1.69. The van der Waals surface area contributed by atoms with E-state index >= 15 is 0 Å². The van der Waals surface area contributed by atoms with Crippen molar-refractivity contribution in [2.24, 2.45) is 0 Å². The molecule has 6 heteroatoms. The normalized spacial score (nSPS) is 18.2. The third kappa shape index (κ3) is 3.91. The molecule has 0 unspecified atom stereocenters. The van der Waals surface area contributed by atoms with E-state index in [-0.39, 0.29) is 22.7 Å². The van der Waals surface area contributed by atoms with Crippen LogP contribution in [0.3, 0.4) is 0 Å². The van der Waals surface area contributed by atoms with Crippen molar-refractivity contribution in [3.63, 3.8) is 0 Å². The summed E-state index contributed by atoms with van der Waals surface area (Å²) in [6, 6.07) is 0. The number of rotatable bonds is 4. The van der Waals surface area contributed by atoms with Gasteiger partial charge in [0, 0.05) is 18.3 Å². The van der Waals surface area contributed by atoms with E-state index in [1.165, 1.54) is 31.9 Å². The third-order valence-corrected chi connectivity index (χ3v) is 4.47. The number of nitrogens with zero attached hydrogens (tertiary/aromatic N) is 2. The molecule has 1 heterocycles. The molecule has 2 N–H and O–H groups in total. The summed E-state index contributed by atoms with van der Waals surface area (Å²) < 4.78 is 0. The highest BCUT2D eigenvalue weighted by Gasteiger charge is 2.33. The van der Waals surface area contributed by atoms with E-state index in [2.05, 4.69) is 34.3 Å². The summed E-state index contributed by atoms with van der Waals surface area (Å²) in [6.07, 6.45) is 9.61. The number of carbonyl (C=O) groups is 1. The van der Waals surface area contributed by atoms with E-state index in [4.69, 9.17) is 0 Å². The number of aromatic amines is 1. The van der Waals surface area contributed by atoms with E-state index in [9.17, 15) is 9.59 Å². The lowest BCUT2D eigenvalue weighted by atomic mass is 9.88. The molecule has 1 aliphatic rings. The van der Waals surface area contributed by atoms with Crippen LogP contribution >= 0.6 is 0 Å². The molecule has 0 saturated heterocycles. The van der Waals surface area contributed by atoms with Crippen LogP contribution < -0.4 is 10.9 Å². The van der Waals surface area contributed by atoms with Crippen LogP contribution in [0.4, 0.5) is 0 Å². The zero-order chi connectivity index (χ0) is 15.3. The molecule has 2 rings (SSSR count). The fourth-order valence-electron chi connectivity index (χ4n) is 2.97. The first kappa shape index (κ1) is 15.7. The van der Waals surface area contributed by atoms with Crippen LogP contribution in [0.15, 0.2) is 17.2 Å². The average molecular weight is 292 g/mol. The van der Waals surface area contributed by atoms with Gasteiger partial charge in [-0.3, -0.25) is 9.59 Å². The first-order chi connectivity index (χ1) is 10.0. The second-order valence-corrected chi connectivity index (χ2v) is 6.01. The van der Waals surface area contributed by atoms with Crippen LogP contribution in [0.1, 0.15) is 49.0 Å². The van der Waals surface area contributed by atoms with E-state index < -0.39 is 0 Å². The maximum atomic E-state index is 12.1. The Morgan fingerprint density at radius 3 is 2.52 bits per heavy atom. The Kier molecular flexibility index (Phi) is 5.12. The molecule has 0 bridgehead atoms. The molecule has 0 atom stereocenters. The molecule has 1 saturated carbocycles. The number of amides is 1. The van der Waals surface area contributed by atoms with Gasteiger partial charge in [-0.15, -0.1) is 0 Å². The molecule has 0 aliphatic heterocycles. The van der Waals surface area contributed by atoms with Gasteiger partial charge in [-0.1, -0.05) is 25.7 Å². The van der Waals surface area contributed by atoms with Crippen LogP contribution in [0.2, 0.25) is 0 Å². The Morgan fingerprint density at radius 1 is 1.33 bits per heavy atom. The smallest absolute Gasteiger partial charge is 0.271 e. The van der Waals surface area contributed by atoms with Gasteiger partial charge >= 0.3 is 0 Å². The average Bonchev–Trinajstić information content (AvgIpc) is 2.72. The van der Waals surface area contributed by atoms with Gasteiger partial charge in [-0.25, -0.2) is 4.98 Å². The van der Waals surface area contributed by atoms with Crippen molar-refractivity contribution in [2.75, 3.05) is 20.6 Å². The molecule has 116 valence electrons. The number of nitrogens with one attached hydrogen (secondary N) is 2. The third-order valence-electron chi connectivity index (χ3n) is 4.47. The SMILES string of the molecule is CN(C)C1(CNC(=O)c2c[nH]c(=O)cn2)CCCCCC1. The summed E-state index contributed by atoms with van der Waals surface area (Å²) in [5.41, 5.74) is -0.0360. The number of carbonyl (C=O) groups excluding carboxylic acids is 1. The maximum absolute atomic E-state index is 12.1. The van der Waals surface area contributed by atoms with Crippen LogP contribution in [-0.2, 0) is 0 Å². The van der Waals surface area contributed by atoms with Gasteiger partial charge in [0.15, 0.2) is 0 Å². The molecule has 1 aromatic heterocycles. The molecule has 6 nitrogen and oxygen atoms in total. The molecule has 0 radical (unpaired) electrons. The molecule has 1 fully saturated rings. The molecule has 21 heavy (non-hydrogen) atoms. The first-order valence-corrected chi connectivity index (χ1v) is 7.54. The van der Waals surface area contributed by atoms with Crippen molar-refractivity contribution < 1.29 is 4.79 Å². The first-order valence-electron chi connectivity index (χ1n) is 7.54. The van der Waals surface area contributed by atoms with Crippen LogP contribution in [0.25, 0.3) is 0 Å². The molecular formula is C15H24N4O2. The Labute approximate surface area is 125 Å². The van der Waals surface area contributed by atoms with Gasteiger partial charge in [-0.2, -0.15) is 0 Å². The fraction of sp³-hybridized carbons (Fsp3) is 0.667. The predicted molar refractivity (Wildman–Crippen MR) is 81.3 cm³/mol. The second kappa shape index (κ2) is 6.85. The van der Waals surface area contributed by atoms with E-state index in [1.54, 1.807) is 0 Å². The Bertz CT molecular complexity index is 510. The largest absolute Gasteiger partial charge is 0.349 e. The fourth-order valence-corrected chi connectivity index (χ4v) is 2.97. The maximum Gasteiger partial charge on any atom is 0.271 e. The lowest BCUT2D eigenvalue weighted by molar-refractivity contribution is 0.0864. The highest BCUT2D eigenvalue weighted by atomic mass is 16.2. The van der Waals surface area contributed by atoms with Crippen molar-refractivity contribution in [3.05, 3.63) is 28.4 Å². The van der Waals surface area contributed by atoms with Crippen molar-refractivity contribution in [1.82, 2.24) is 20.2 Å². The van der Waals surface area contributed by atoms with Crippen LogP contribution in [-0.4, -0.2) is 47.0 Å². The van der Waals surface area contributed by atoms with Crippen molar-refractivity contribution >= 4 is 5.91 Å². The van der Waals surface area contributed by atoms with Gasteiger partial charge in [-0.05, 0) is 26.9 Å². The number of aromatic nitrogens is 2. The van der Waals surface area contributed by atoms with Gasteiger partial charge < -0.3 is 15.2 Å². The molecule has 0 aromatic carbocycles. The quantitative estimate of drug-likeness (QED) is 0.816. The van der Waals surface area contributed by atoms with Crippen molar-refractivity contribution in [1.29, 1.82) is 0 Å². The zero-order valence-electron chi connectivity index (χ0n) is 12.8. The zero-order valence-corrected chi connectivity index (χ0v) is 12.8. The molecule has 0 spiro atoms. The summed E-state index contributed by atoms with van der Waals surface area (Å²) in [6.45, 7) is 0.611. The molecule has 1 aromatic rings. The minimum atomic E-state index is -0.305. The standard InChI is InChI=1S/C15H24N4O2/c1-19(2)15(7-5-3-4-6-8-15)11-18-14(21)12-9-17-13(20)10-16-12/h9-10H,3-8,11H2,1-2H3,(H,17,20)(H,18,21). The van der Waals surface area contributed by atoms with E-state index in [0.29, 0.717) is 6.54 Å². The minimum Gasteiger partial charge on any atom is -0.349 e. The van der Waals surface area contributed by atoms with Gasteiger partial charge in [0.05, 0.1) is 6.20 Å². The number of likely N-dealkylation sites (N-methyl/N-ethyl adjacent to an activating group) is 1. The van der Waals surface area contributed by atoms with Gasteiger partial charge in [0.1, 0.15) is 5.69 Å². The summed E-state index contributed by atoms with van der Waals surface area (Å²) in [4.78, 5) is 31.7. The van der Waals surface area contributed by atoms with Crippen LogP contribution in [0.5, 0.6) is 0 Å². The Morgan fingerprint density at radius 2 is 2.00 bits per heavy atom. The monoisotopic (exact) mass is 292 g/mol. The molecular weight excluding hydrogens is 268 g/mol. The van der Waals surface area contributed by atoms with Gasteiger partial charge in [0.2, 0.25) is 0 Å². The summed E-state index contributed by atoms with van der Waals surface area (Å²) in [7, 11) is 4.16. The molecule has 1 aliphatic carbocycles. The second-order valence-electron chi connectivity index (χ2n) is 6.01. The minimum absolute atomic E-state index is 0.0222. The van der Waals surface area contributed by atoms with Crippen molar-refractivity contribution in [3.8, 4) is 0 Å². The van der Waals surface area contributed by atoms with E-state index in [1.807, 2.05) is 0 Å². The lowest BCUT2D eigenvalue weighted by Gasteiger charge is -2.39. The number of hydrogen-bond donors (Lipinski definition) is 2. The molecule has 1 amide bonds. The van der Waals surface area contributed by atoms with Crippen molar-refractivity contribution in [2.45, 2.75) is 44.1 Å². The topological polar surface area (TPSA) is 78.1 Å². The summed E-state index contributed by atoms with van der Waals surface area (Å²) in [5.74, 6) is -0.239. The summed E-state index contributed by atoms with van der Waals surface area (Å²) >= 11 is 0. The Balaban J connectivity index is 2.02. The highest BCUT2D eigenvalue weighted by molar-refractivity contribution is 5.91. The lowest BCUT2D eigenvalue weighted by Crippen LogP contribution is -2.52. The van der Waals surface area contributed by atoms with E-state index in [0.717, 1.165) is 19.0 Å². The summed E-state index contributed by atoms with van der Waals surface area (Å²) in [5, 5.41) is 2.97. The van der Waals surface area contributed by atoms with Crippen LogP contribution in [0, 0.1) is 0 Å². The highest BCUT2D eigenvalue weighted by Crippen LogP contribution is 2.30. The number of hydrogen-bond acceptors (Lipinski definition) is 4.